The van der Waals surface area contributed by atoms with Gasteiger partial charge < -0.3 is 9.47 Å². The van der Waals surface area contributed by atoms with Gasteiger partial charge >= 0.3 is 0 Å². The molecule has 0 saturated heterocycles. The number of fused-ring (bicyclic) bond motifs is 4. The van der Waals surface area contributed by atoms with Crippen LogP contribution in [0.2, 0.25) is 0 Å². The van der Waals surface area contributed by atoms with Crippen LogP contribution >= 0.6 is 0 Å². The molecule has 0 fully saturated rings. The minimum absolute atomic E-state index is 1.09. The zero-order chi connectivity index (χ0) is 35.8. The van der Waals surface area contributed by atoms with E-state index in [-0.39, 0.29) is 0 Å². The van der Waals surface area contributed by atoms with E-state index in [0.717, 1.165) is 28.3 Å². The van der Waals surface area contributed by atoms with Crippen LogP contribution in [0.15, 0.2) is 218 Å². The normalized spacial score (nSPS) is 11.3. The van der Waals surface area contributed by atoms with Gasteiger partial charge in [0.05, 0.1) is 16.7 Å². The summed E-state index contributed by atoms with van der Waals surface area (Å²) < 4.78 is 2.40. The molecule has 10 rings (SSSR count). The Labute approximate surface area is 315 Å². The third kappa shape index (κ3) is 5.53. The number of rotatable bonds is 7. The van der Waals surface area contributed by atoms with Gasteiger partial charge in [-0.3, -0.25) is 0 Å². The molecule has 0 atom stereocenters. The standard InChI is InChI=1S/C52H36N2/c1-5-17-37(18-6-1)40-33-41(38-19-7-2-8-20-38)35-44(34-40)53(51-32-31-45(39-21-9-3-10-22-39)46-25-13-14-26-47(46)51)43-29-30-49-48-27-15-16-28-50(48)54(52(49)36-43)42-23-11-4-12-24-42/h1-36H. The summed E-state index contributed by atoms with van der Waals surface area (Å²) in [6, 6.07) is 79.0. The number of nitrogens with zero attached hydrogens (tertiary/aromatic N) is 2. The van der Waals surface area contributed by atoms with Gasteiger partial charge in [-0.2, -0.15) is 0 Å². The van der Waals surface area contributed by atoms with E-state index in [2.05, 4.69) is 228 Å². The summed E-state index contributed by atoms with van der Waals surface area (Å²) in [7, 11) is 0. The number of benzene rings is 9. The van der Waals surface area contributed by atoms with Crippen molar-refractivity contribution < 1.29 is 0 Å². The van der Waals surface area contributed by atoms with Crippen LogP contribution in [-0.4, -0.2) is 4.57 Å². The highest BCUT2D eigenvalue weighted by atomic mass is 15.1. The number of para-hydroxylation sites is 2. The summed E-state index contributed by atoms with van der Waals surface area (Å²) in [6.45, 7) is 0. The van der Waals surface area contributed by atoms with Crippen molar-refractivity contribution in [3.8, 4) is 39.1 Å². The molecule has 2 heteroatoms. The first-order valence-electron chi connectivity index (χ1n) is 18.5. The molecular formula is C52H36N2. The highest BCUT2D eigenvalue weighted by Gasteiger charge is 2.21. The van der Waals surface area contributed by atoms with E-state index in [1.54, 1.807) is 0 Å². The number of anilines is 3. The molecule has 0 amide bonds. The van der Waals surface area contributed by atoms with E-state index in [1.165, 1.54) is 60.4 Å². The van der Waals surface area contributed by atoms with Gasteiger partial charge in [0.15, 0.2) is 0 Å². The maximum Gasteiger partial charge on any atom is 0.0561 e. The molecule has 0 radical (unpaired) electrons. The Morgan fingerprint density at radius 1 is 0.296 bits per heavy atom. The maximum absolute atomic E-state index is 2.46. The SMILES string of the molecule is c1ccc(-c2cc(-c3ccccc3)cc(N(c3ccc4c5ccccc5n(-c5ccccc5)c4c3)c3ccc(-c4ccccc4)c4ccccc34)c2)cc1. The van der Waals surface area contributed by atoms with Crippen molar-refractivity contribution in [2.24, 2.45) is 0 Å². The minimum atomic E-state index is 1.09. The van der Waals surface area contributed by atoms with E-state index in [9.17, 15) is 0 Å². The topological polar surface area (TPSA) is 8.17 Å². The molecule has 0 unspecified atom stereocenters. The van der Waals surface area contributed by atoms with E-state index in [4.69, 9.17) is 0 Å². The number of hydrogen-bond acceptors (Lipinski definition) is 1. The molecule has 10 aromatic rings. The van der Waals surface area contributed by atoms with Crippen molar-refractivity contribution >= 4 is 49.6 Å². The van der Waals surface area contributed by atoms with Gasteiger partial charge in [-0.1, -0.05) is 164 Å². The zero-order valence-corrected chi connectivity index (χ0v) is 29.7. The van der Waals surface area contributed by atoms with Crippen LogP contribution in [0, 0.1) is 0 Å². The minimum Gasteiger partial charge on any atom is -0.310 e. The van der Waals surface area contributed by atoms with Crippen LogP contribution in [0.1, 0.15) is 0 Å². The molecule has 0 aliphatic rings. The Balaban J connectivity index is 1.28. The van der Waals surface area contributed by atoms with Gasteiger partial charge in [-0.05, 0) is 93.4 Å². The van der Waals surface area contributed by atoms with E-state index in [0.29, 0.717) is 0 Å². The molecule has 0 aliphatic heterocycles. The molecule has 1 aromatic heterocycles. The molecule has 0 saturated carbocycles. The van der Waals surface area contributed by atoms with Gasteiger partial charge in [0.2, 0.25) is 0 Å². The fourth-order valence-corrected chi connectivity index (χ4v) is 8.06. The van der Waals surface area contributed by atoms with Crippen molar-refractivity contribution in [3.05, 3.63) is 218 Å². The first kappa shape index (κ1) is 31.6. The largest absolute Gasteiger partial charge is 0.310 e. The zero-order valence-electron chi connectivity index (χ0n) is 29.7. The fraction of sp³-hybridized carbons (Fsp3) is 0. The number of hydrogen-bond donors (Lipinski definition) is 0. The third-order valence-electron chi connectivity index (χ3n) is 10.5. The Bertz CT molecular complexity index is 2850. The van der Waals surface area contributed by atoms with Crippen molar-refractivity contribution in [1.29, 1.82) is 0 Å². The van der Waals surface area contributed by atoms with Gasteiger partial charge in [0, 0.05) is 33.2 Å². The quantitative estimate of drug-likeness (QED) is 0.162. The molecule has 0 spiro atoms. The lowest BCUT2D eigenvalue weighted by molar-refractivity contribution is 1.18. The van der Waals surface area contributed by atoms with Gasteiger partial charge in [-0.25, -0.2) is 0 Å². The second-order valence-electron chi connectivity index (χ2n) is 13.8. The summed E-state index contributed by atoms with van der Waals surface area (Å²) in [5.74, 6) is 0. The summed E-state index contributed by atoms with van der Waals surface area (Å²) in [5.41, 5.74) is 13.9. The third-order valence-corrected chi connectivity index (χ3v) is 10.5. The van der Waals surface area contributed by atoms with Crippen LogP contribution in [0.3, 0.4) is 0 Å². The first-order valence-corrected chi connectivity index (χ1v) is 18.5. The van der Waals surface area contributed by atoms with Gasteiger partial charge in [0.1, 0.15) is 0 Å². The maximum atomic E-state index is 2.46. The van der Waals surface area contributed by atoms with Crippen molar-refractivity contribution in [1.82, 2.24) is 4.57 Å². The monoisotopic (exact) mass is 688 g/mol. The predicted molar refractivity (Wildman–Crippen MR) is 229 cm³/mol. The molecule has 54 heavy (non-hydrogen) atoms. The highest BCUT2D eigenvalue weighted by Crippen LogP contribution is 2.45. The van der Waals surface area contributed by atoms with Crippen LogP contribution in [0.4, 0.5) is 17.1 Å². The molecule has 254 valence electrons. The first-order chi connectivity index (χ1) is 26.8. The summed E-state index contributed by atoms with van der Waals surface area (Å²) in [6.07, 6.45) is 0. The molecule has 0 aliphatic carbocycles. The summed E-state index contributed by atoms with van der Waals surface area (Å²) >= 11 is 0. The summed E-state index contributed by atoms with van der Waals surface area (Å²) in [5, 5.41) is 4.87. The smallest absolute Gasteiger partial charge is 0.0561 e. The van der Waals surface area contributed by atoms with Crippen molar-refractivity contribution in [2.45, 2.75) is 0 Å². The molecule has 0 bridgehead atoms. The van der Waals surface area contributed by atoms with Crippen molar-refractivity contribution in [2.75, 3.05) is 4.90 Å². The lowest BCUT2D eigenvalue weighted by atomic mass is 9.95. The average molecular weight is 689 g/mol. The van der Waals surface area contributed by atoms with Gasteiger partial charge in [0.25, 0.3) is 0 Å². The molecule has 2 nitrogen and oxygen atoms in total. The Morgan fingerprint density at radius 2 is 0.815 bits per heavy atom. The molecule has 0 N–H and O–H groups in total. The summed E-state index contributed by atoms with van der Waals surface area (Å²) in [4.78, 5) is 2.46. The predicted octanol–water partition coefficient (Wildman–Crippen LogP) is 14.4. The lowest BCUT2D eigenvalue weighted by Crippen LogP contribution is -2.11. The fourth-order valence-electron chi connectivity index (χ4n) is 8.06. The Morgan fingerprint density at radius 3 is 1.46 bits per heavy atom. The van der Waals surface area contributed by atoms with Crippen LogP contribution in [0.5, 0.6) is 0 Å². The molecule has 9 aromatic carbocycles. The van der Waals surface area contributed by atoms with Crippen molar-refractivity contribution in [3.63, 3.8) is 0 Å². The van der Waals surface area contributed by atoms with E-state index >= 15 is 0 Å². The molecular weight excluding hydrogens is 653 g/mol. The Hall–Kier alpha value is -7.16. The van der Waals surface area contributed by atoms with Gasteiger partial charge in [-0.15, -0.1) is 0 Å². The van der Waals surface area contributed by atoms with Crippen LogP contribution < -0.4 is 4.90 Å². The second-order valence-corrected chi connectivity index (χ2v) is 13.8. The van der Waals surface area contributed by atoms with Crippen LogP contribution in [0.25, 0.3) is 71.6 Å². The molecule has 1 heterocycles. The van der Waals surface area contributed by atoms with E-state index < -0.39 is 0 Å². The van der Waals surface area contributed by atoms with Crippen LogP contribution in [-0.2, 0) is 0 Å². The number of aromatic nitrogens is 1. The second kappa shape index (κ2) is 13.4. The lowest BCUT2D eigenvalue weighted by Gasteiger charge is -2.29. The average Bonchev–Trinajstić information content (AvgIpc) is 3.58. The highest BCUT2D eigenvalue weighted by molar-refractivity contribution is 6.11. The Kier molecular flexibility index (Phi) is 7.85. The van der Waals surface area contributed by atoms with E-state index in [1.807, 2.05) is 0 Å².